The first kappa shape index (κ1) is 65.9. The van der Waals surface area contributed by atoms with E-state index in [0.29, 0.717) is 19.3 Å². The van der Waals surface area contributed by atoms with Crippen molar-refractivity contribution in [3.63, 3.8) is 0 Å². The molecule has 0 fully saturated rings. The molecule has 0 spiro atoms. The van der Waals surface area contributed by atoms with Crippen LogP contribution in [0.4, 0.5) is 0 Å². The molecule has 0 amide bonds. The average molecular weight is 958 g/mol. The summed E-state index contributed by atoms with van der Waals surface area (Å²) in [5.74, 6) is -0.878. The van der Waals surface area contributed by atoms with Gasteiger partial charge in [0.2, 0.25) is 0 Å². The second kappa shape index (κ2) is 57.5. The van der Waals surface area contributed by atoms with Gasteiger partial charge in [-0.1, -0.05) is 295 Å². The lowest BCUT2D eigenvalue weighted by atomic mass is 10.0. The summed E-state index contributed by atoms with van der Waals surface area (Å²) in [6.45, 7) is 6.67. The van der Waals surface area contributed by atoms with E-state index in [9.17, 15) is 14.4 Å². The largest absolute Gasteiger partial charge is 0.462 e. The first-order valence-corrected chi connectivity index (χ1v) is 30.4. The van der Waals surface area contributed by atoms with Crippen LogP contribution in [0.3, 0.4) is 0 Å². The quantitative estimate of drug-likeness (QED) is 0.0262. The lowest BCUT2D eigenvalue weighted by molar-refractivity contribution is -0.167. The number of carbonyl (C=O) groups is 3. The van der Waals surface area contributed by atoms with Crippen molar-refractivity contribution in [2.45, 2.75) is 341 Å². The Labute approximate surface area is 423 Å². The van der Waals surface area contributed by atoms with Crippen molar-refractivity contribution in [3.05, 3.63) is 24.3 Å². The predicted octanol–water partition coefficient (Wildman–Crippen LogP) is 20.3. The molecule has 0 N–H and O–H groups in total. The van der Waals surface area contributed by atoms with E-state index in [1.165, 1.54) is 225 Å². The van der Waals surface area contributed by atoms with E-state index in [1.807, 2.05) is 0 Å². The number of carbonyl (C=O) groups excluding carboxylic acids is 3. The Kier molecular flexibility index (Phi) is 55.7. The normalized spacial score (nSPS) is 12.1. The number of hydrogen-bond acceptors (Lipinski definition) is 6. The summed E-state index contributed by atoms with van der Waals surface area (Å²) in [4.78, 5) is 38.2. The van der Waals surface area contributed by atoms with E-state index >= 15 is 0 Å². The lowest BCUT2D eigenvalue weighted by Gasteiger charge is -2.18. The molecule has 1 atom stereocenters. The van der Waals surface area contributed by atoms with Crippen molar-refractivity contribution >= 4 is 17.9 Å². The summed E-state index contributed by atoms with van der Waals surface area (Å²) in [7, 11) is 0. The molecular weight excluding hydrogens is 841 g/mol. The molecule has 400 valence electrons. The molecule has 6 nitrogen and oxygen atoms in total. The zero-order chi connectivity index (χ0) is 49.3. The fourth-order valence-corrected chi connectivity index (χ4v) is 9.14. The molecule has 0 aliphatic heterocycles. The van der Waals surface area contributed by atoms with Crippen molar-refractivity contribution in [1.82, 2.24) is 0 Å². The molecule has 0 rings (SSSR count). The Morgan fingerprint density at radius 2 is 0.515 bits per heavy atom. The van der Waals surface area contributed by atoms with Crippen LogP contribution in [-0.2, 0) is 28.6 Å². The van der Waals surface area contributed by atoms with Gasteiger partial charge >= 0.3 is 17.9 Å². The van der Waals surface area contributed by atoms with Gasteiger partial charge in [-0.15, -0.1) is 0 Å². The third-order valence-electron chi connectivity index (χ3n) is 13.7. The van der Waals surface area contributed by atoms with Crippen LogP contribution in [0.1, 0.15) is 335 Å². The van der Waals surface area contributed by atoms with Gasteiger partial charge in [-0.2, -0.15) is 0 Å². The van der Waals surface area contributed by atoms with Gasteiger partial charge in [0, 0.05) is 19.3 Å². The van der Waals surface area contributed by atoms with Crippen LogP contribution >= 0.6 is 0 Å². The van der Waals surface area contributed by atoms with Crippen LogP contribution in [0.25, 0.3) is 0 Å². The molecule has 6 heteroatoms. The van der Waals surface area contributed by atoms with Crippen LogP contribution in [0.5, 0.6) is 0 Å². The van der Waals surface area contributed by atoms with Crippen molar-refractivity contribution in [3.8, 4) is 0 Å². The third-order valence-corrected chi connectivity index (χ3v) is 13.7. The van der Waals surface area contributed by atoms with Crippen molar-refractivity contribution in [2.24, 2.45) is 0 Å². The smallest absolute Gasteiger partial charge is 0.306 e. The number of unbranched alkanes of at least 4 members (excludes halogenated alkanes) is 42. The van der Waals surface area contributed by atoms with E-state index in [0.717, 1.165) is 70.6 Å². The maximum atomic E-state index is 12.9. The number of hydrogen-bond donors (Lipinski definition) is 0. The standard InChI is InChI=1S/C62H116O6/c1-4-7-10-13-16-19-22-25-28-30-31-32-35-37-40-43-46-49-52-55-61(64)67-58-59(57-66-60(63)54-51-48-45-42-39-36-33-27-24-21-18-15-12-9-6-3)68-62(65)56-53-50-47-44-41-38-34-29-26-23-20-17-14-11-8-5-2/h29,34,38,41,59H,4-28,30-33,35-37,39-40,42-58H2,1-3H3/b34-29-,41-38-. The summed E-state index contributed by atoms with van der Waals surface area (Å²) in [6, 6.07) is 0. The predicted molar refractivity (Wildman–Crippen MR) is 293 cm³/mol. The van der Waals surface area contributed by atoms with Gasteiger partial charge in [0.15, 0.2) is 6.10 Å². The van der Waals surface area contributed by atoms with E-state index < -0.39 is 6.10 Å². The zero-order valence-electron chi connectivity index (χ0n) is 45.9. The topological polar surface area (TPSA) is 78.9 Å². The highest BCUT2D eigenvalue weighted by Gasteiger charge is 2.19. The first-order valence-electron chi connectivity index (χ1n) is 30.4. The molecule has 0 saturated carbocycles. The molecule has 0 heterocycles. The Morgan fingerprint density at radius 3 is 0.794 bits per heavy atom. The molecule has 0 bridgehead atoms. The maximum absolute atomic E-state index is 12.9. The van der Waals surface area contributed by atoms with E-state index in [4.69, 9.17) is 14.2 Å². The zero-order valence-corrected chi connectivity index (χ0v) is 45.9. The fraction of sp³-hybridized carbons (Fsp3) is 0.887. The van der Waals surface area contributed by atoms with E-state index in [-0.39, 0.29) is 31.1 Å². The SMILES string of the molecule is CCCCCCCCC/C=C\C=C/CCCCCC(=O)OC(COC(=O)CCCCCCCCCCCCCCCCC)COC(=O)CCCCCCCCCCCCCCCCCCCCC. The summed E-state index contributed by atoms with van der Waals surface area (Å²) in [5, 5.41) is 0. The van der Waals surface area contributed by atoms with Crippen LogP contribution in [0.15, 0.2) is 24.3 Å². The van der Waals surface area contributed by atoms with Crippen LogP contribution in [0, 0.1) is 0 Å². The highest BCUT2D eigenvalue weighted by Crippen LogP contribution is 2.17. The van der Waals surface area contributed by atoms with Crippen molar-refractivity contribution in [1.29, 1.82) is 0 Å². The minimum absolute atomic E-state index is 0.0762. The van der Waals surface area contributed by atoms with Gasteiger partial charge < -0.3 is 14.2 Å². The lowest BCUT2D eigenvalue weighted by Crippen LogP contribution is -2.30. The minimum atomic E-state index is -0.780. The first-order chi connectivity index (χ1) is 33.5. The third kappa shape index (κ3) is 54.8. The fourth-order valence-electron chi connectivity index (χ4n) is 9.14. The molecule has 68 heavy (non-hydrogen) atoms. The van der Waals surface area contributed by atoms with Gasteiger partial charge in [-0.3, -0.25) is 14.4 Å². The molecule has 0 radical (unpaired) electrons. The monoisotopic (exact) mass is 957 g/mol. The molecule has 0 aromatic carbocycles. The van der Waals surface area contributed by atoms with Gasteiger partial charge in [-0.05, 0) is 44.9 Å². The second-order valence-electron chi connectivity index (χ2n) is 20.7. The summed E-state index contributed by atoms with van der Waals surface area (Å²) in [5.41, 5.74) is 0. The summed E-state index contributed by atoms with van der Waals surface area (Å²) in [6.07, 6.45) is 67.5. The Hall–Kier alpha value is -2.11. The van der Waals surface area contributed by atoms with Crippen LogP contribution < -0.4 is 0 Å². The maximum Gasteiger partial charge on any atom is 0.306 e. The molecular formula is C62H116O6. The Morgan fingerprint density at radius 1 is 0.294 bits per heavy atom. The van der Waals surface area contributed by atoms with Crippen molar-refractivity contribution in [2.75, 3.05) is 13.2 Å². The van der Waals surface area contributed by atoms with Crippen LogP contribution in [0.2, 0.25) is 0 Å². The van der Waals surface area contributed by atoms with Gasteiger partial charge in [0.05, 0.1) is 0 Å². The number of esters is 3. The Balaban J connectivity index is 4.34. The second-order valence-corrected chi connectivity index (χ2v) is 20.7. The number of rotatable bonds is 56. The number of ether oxygens (including phenoxy) is 3. The molecule has 0 aliphatic carbocycles. The van der Waals surface area contributed by atoms with Crippen LogP contribution in [-0.4, -0.2) is 37.2 Å². The number of allylic oxidation sites excluding steroid dienone is 4. The van der Waals surface area contributed by atoms with Gasteiger partial charge in [0.25, 0.3) is 0 Å². The van der Waals surface area contributed by atoms with E-state index in [2.05, 4.69) is 45.1 Å². The average Bonchev–Trinajstić information content (AvgIpc) is 3.34. The summed E-state index contributed by atoms with van der Waals surface area (Å²) < 4.78 is 16.9. The molecule has 0 saturated heterocycles. The summed E-state index contributed by atoms with van der Waals surface area (Å²) >= 11 is 0. The minimum Gasteiger partial charge on any atom is -0.462 e. The highest BCUT2D eigenvalue weighted by atomic mass is 16.6. The molecule has 1 unspecified atom stereocenters. The molecule has 0 aromatic rings. The Bertz CT molecular complexity index is 1100. The van der Waals surface area contributed by atoms with E-state index in [1.54, 1.807) is 0 Å². The highest BCUT2D eigenvalue weighted by molar-refractivity contribution is 5.71. The van der Waals surface area contributed by atoms with Gasteiger partial charge in [-0.25, -0.2) is 0 Å². The molecule has 0 aromatic heterocycles. The molecule has 0 aliphatic rings. The van der Waals surface area contributed by atoms with Gasteiger partial charge in [0.1, 0.15) is 13.2 Å². The van der Waals surface area contributed by atoms with Crippen molar-refractivity contribution < 1.29 is 28.6 Å².